The van der Waals surface area contributed by atoms with Gasteiger partial charge in [-0.3, -0.25) is 4.79 Å². The average Bonchev–Trinajstić information content (AvgIpc) is 2.80. The molecule has 0 saturated carbocycles. The van der Waals surface area contributed by atoms with E-state index >= 15 is 0 Å². The summed E-state index contributed by atoms with van der Waals surface area (Å²) < 4.78 is 4.78. The Morgan fingerprint density at radius 2 is 1.55 bits per heavy atom. The van der Waals surface area contributed by atoms with Gasteiger partial charge in [-0.2, -0.15) is 0 Å². The number of aryl methyl sites for hydroxylation is 1. The molecule has 2 rings (SSSR count). The van der Waals surface area contributed by atoms with E-state index in [-0.39, 0.29) is 5.56 Å². The predicted octanol–water partition coefficient (Wildman–Crippen LogP) is 4.38. The van der Waals surface area contributed by atoms with E-state index in [1.54, 1.807) is 12.1 Å². The Bertz CT molecular complexity index is 960. The van der Waals surface area contributed by atoms with Crippen LogP contribution in [0.2, 0.25) is 0 Å². The first kappa shape index (κ1) is 25.5. The summed E-state index contributed by atoms with van der Waals surface area (Å²) in [5.41, 5.74) is 2.32. The second-order valence-corrected chi connectivity index (χ2v) is 7.48. The third-order valence-corrected chi connectivity index (χ3v) is 4.80. The van der Waals surface area contributed by atoms with Crippen molar-refractivity contribution < 1.29 is 29.3 Å². The van der Waals surface area contributed by atoms with Crippen LogP contribution in [0.4, 0.5) is 5.69 Å². The Balaban J connectivity index is 1.61. The molecular formula is C26H29NO6. The molecule has 174 valence electrons. The molecule has 0 radical (unpaired) electrons. The van der Waals surface area contributed by atoms with E-state index in [1.807, 2.05) is 6.07 Å². The van der Waals surface area contributed by atoms with Crippen LogP contribution in [0, 0.1) is 11.8 Å². The molecule has 0 aliphatic rings. The Morgan fingerprint density at radius 3 is 2.18 bits per heavy atom. The van der Waals surface area contributed by atoms with Crippen LogP contribution in [-0.4, -0.2) is 40.8 Å². The Kier molecular flexibility index (Phi) is 11.0. The van der Waals surface area contributed by atoms with Crippen LogP contribution >= 0.6 is 0 Å². The van der Waals surface area contributed by atoms with E-state index in [2.05, 4.69) is 41.4 Å². The molecule has 0 heterocycles. The fourth-order valence-corrected chi connectivity index (χ4v) is 3.03. The maximum atomic E-state index is 12.0. The number of nitrogens with one attached hydrogen (secondary N) is 1. The van der Waals surface area contributed by atoms with Crippen molar-refractivity contribution in [2.45, 2.75) is 51.0 Å². The first-order chi connectivity index (χ1) is 16.0. The second-order valence-electron chi connectivity index (χ2n) is 7.48. The van der Waals surface area contributed by atoms with Crippen LogP contribution in [0.1, 0.15) is 54.4 Å². The summed E-state index contributed by atoms with van der Waals surface area (Å²) in [5.74, 6) is 2.71. The van der Waals surface area contributed by atoms with Gasteiger partial charge in [0.25, 0.3) is 0 Å². The third kappa shape index (κ3) is 10.4. The molecule has 2 aromatic carbocycles. The quantitative estimate of drug-likeness (QED) is 0.235. The first-order valence-corrected chi connectivity index (χ1v) is 10.9. The molecule has 7 nitrogen and oxygen atoms in total. The van der Waals surface area contributed by atoms with Crippen molar-refractivity contribution >= 4 is 23.6 Å². The summed E-state index contributed by atoms with van der Waals surface area (Å²) in [6.45, 7) is 0.763. The number of hydrogen-bond donors (Lipinski definition) is 3. The summed E-state index contributed by atoms with van der Waals surface area (Å²) in [6, 6.07) is 16.8. The zero-order chi connectivity index (χ0) is 23.9. The molecule has 33 heavy (non-hydrogen) atoms. The number of esters is 1. The minimum absolute atomic E-state index is 0.153. The van der Waals surface area contributed by atoms with E-state index in [9.17, 15) is 14.4 Å². The van der Waals surface area contributed by atoms with Gasteiger partial charge in [0.15, 0.2) is 0 Å². The molecule has 1 atom stereocenters. The van der Waals surface area contributed by atoms with Crippen molar-refractivity contribution in [2.75, 3.05) is 11.9 Å². The van der Waals surface area contributed by atoms with Gasteiger partial charge in [0.1, 0.15) is 0 Å². The molecule has 0 saturated heterocycles. The number of carbonyl (C=O) groups excluding carboxylic acids is 1. The minimum Gasteiger partial charge on any atom is -0.481 e. The molecule has 0 bridgehead atoms. The van der Waals surface area contributed by atoms with Crippen LogP contribution in [0.25, 0.3) is 0 Å². The van der Waals surface area contributed by atoms with Gasteiger partial charge in [-0.05, 0) is 55.5 Å². The second kappa shape index (κ2) is 14.3. The highest BCUT2D eigenvalue weighted by molar-refractivity contribution is 5.92. The van der Waals surface area contributed by atoms with Crippen LogP contribution < -0.4 is 5.32 Å². The monoisotopic (exact) mass is 451 g/mol. The van der Waals surface area contributed by atoms with Gasteiger partial charge < -0.3 is 20.3 Å². The number of carboxylic acid groups (broad SMARTS) is 2. The zero-order valence-electron chi connectivity index (χ0n) is 18.5. The van der Waals surface area contributed by atoms with E-state index in [1.165, 1.54) is 17.7 Å². The summed E-state index contributed by atoms with van der Waals surface area (Å²) in [7, 11) is 0. The lowest BCUT2D eigenvalue weighted by molar-refractivity contribution is -0.153. The molecule has 0 spiro atoms. The fourth-order valence-electron chi connectivity index (χ4n) is 3.03. The minimum atomic E-state index is -1.72. The van der Waals surface area contributed by atoms with Gasteiger partial charge in [0, 0.05) is 25.1 Å². The number of aliphatic carboxylic acids is 2. The molecular weight excluding hydrogens is 422 g/mol. The highest BCUT2D eigenvalue weighted by atomic mass is 16.6. The summed E-state index contributed by atoms with van der Waals surface area (Å²) in [5, 5.41) is 20.9. The molecule has 7 heteroatoms. The Morgan fingerprint density at radius 1 is 0.879 bits per heavy atom. The molecule has 0 aliphatic carbocycles. The highest BCUT2D eigenvalue weighted by Gasteiger charge is 2.25. The van der Waals surface area contributed by atoms with Gasteiger partial charge in [-0.1, -0.05) is 30.3 Å². The smallest absolute Gasteiger partial charge is 0.345 e. The Labute approximate surface area is 193 Å². The molecule has 0 aromatic heterocycles. The standard InChI is InChI=1S/C26H29NO6/c28-24(29)19-23(25(30)31)33-26(32)21-14-16-22(17-15-21)27-18-10-5-3-1-2-4-7-11-20-12-8-6-9-13-20/h6,8-9,12-17,23,27H,3-5,7,10-11,18-19H2,(H,28,29)(H,30,31). The van der Waals surface area contributed by atoms with Crippen LogP contribution in [0.3, 0.4) is 0 Å². The number of ether oxygens (including phenoxy) is 1. The largest absolute Gasteiger partial charge is 0.481 e. The normalized spacial score (nSPS) is 11.0. The topological polar surface area (TPSA) is 113 Å². The Hall–Kier alpha value is -3.79. The molecule has 3 N–H and O–H groups in total. The maximum absolute atomic E-state index is 12.0. The van der Waals surface area contributed by atoms with E-state index in [4.69, 9.17) is 14.9 Å². The van der Waals surface area contributed by atoms with Crippen molar-refractivity contribution in [1.29, 1.82) is 0 Å². The first-order valence-electron chi connectivity index (χ1n) is 10.9. The third-order valence-electron chi connectivity index (χ3n) is 4.80. The molecule has 1 unspecified atom stereocenters. The van der Waals surface area contributed by atoms with E-state index in [0.717, 1.165) is 50.8 Å². The summed E-state index contributed by atoms with van der Waals surface area (Å²) >= 11 is 0. The zero-order valence-corrected chi connectivity index (χ0v) is 18.5. The summed E-state index contributed by atoms with van der Waals surface area (Å²) in [6.07, 6.45) is 3.32. The van der Waals surface area contributed by atoms with E-state index < -0.39 is 30.4 Å². The molecule has 0 amide bonds. The van der Waals surface area contributed by atoms with Crippen molar-refractivity contribution in [3.63, 3.8) is 0 Å². The predicted molar refractivity (Wildman–Crippen MR) is 125 cm³/mol. The van der Waals surface area contributed by atoms with Crippen molar-refractivity contribution in [1.82, 2.24) is 0 Å². The highest BCUT2D eigenvalue weighted by Crippen LogP contribution is 2.13. The SMILES string of the molecule is O=C(O)CC(OC(=O)c1ccc(NCCCCC#CCCCc2ccccc2)cc1)C(=O)O. The number of carbonyl (C=O) groups is 3. The fraction of sp³-hybridized carbons (Fsp3) is 0.346. The average molecular weight is 452 g/mol. The van der Waals surface area contributed by atoms with Gasteiger partial charge in [-0.25, -0.2) is 9.59 Å². The van der Waals surface area contributed by atoms with Crippen LogP contribution in [0.15, 0.2) is 54.6 Å². The lowest BCUT2D eigenvalue weighted by Crippen LogP contribution is -2.29. The molecule has 2 aromatic rings. The van der Waals surface area contributed by atoms with Crippen molar-refractivity contribution in [2.24, 2.45) is 0 Å². The van der Waals surface area contributed by atoms with E-state index in [0.29, 0.717) is 0 Å². The lowest BCUT2D eigenvalue weighted by Gasteiger charge is -2.12. The number of unbranched alkanes of at least 4 members (excludes halogenated alkanes) is 3. The lowest BCUT2D eigenvalue weighted by atomic mass is 10.1. The van der Waals surface area contributed by atoms with Crippen LogP contribution in [-0.2, 0) is 20.7 Å². The van der Waals surface area contributed by atoms with Gasteiger partial charge in [0.05, 0.1) is 12.0 Å². The van der Waals surface area contributed by atoms with Crippen molar-refractivity contribution in [3.05, 3.63) is 65.7 Å². The van der Waals surface area contributed by atoms with Crippen LogP contribution in [0.5, 0.6) is 0 Å². The van der Waals surface area contributed by atoms with Gasteiger partial charge in [0.2, 0.25) is 6.10 Å². The van der Waals surface area contributed by atoms with Gasteiger partial charge in [-0.15, -0.1) is 11.8 Å². The molecule has 0 fully saturated rings. The van der Waals surface area contributed by atoms with Crippen molar-refractivity contribution in [3.8, 4) is 11.8 Å². The number of rotatable bonds is 13. The number of benzene rings is 2. The number of hydrogen-bond acceptors (Lipinski definition) is 5. The van der Waals surface area contributed by atoms with Gasteiger partial charge >= 0.3 is 17.9 Å². The summed E-state index contributed by atoms with van der Waals surface area (Å²) in [4.78, 5) is 33.7. The molecule has 0 aliphatic heterocycles. The number of anilines is 1. The maximum Gasteiger partial charge on any atom is 0.345 e. The number of carboxylic acids is 2.